The van der Waals surface area contributed by atoms with Crippen molar-refractivity contribution in [2.75, 3.05) is 4.31 Å². The molecule has 0 amide bonds. The number of hydrogen-bond acceptors (Lipinski definition) is 4. The van der Waals surface area contributed by atoms with E-state index < -0.39 is 21.0 Å². The quantitative estimate of drug-likeness (QED) is 0.370. The van der Waals surface area contributed by atoms with Crippen LogP contribution < -0.4 is 4.31 Å². The third-order valence-electron chi connectivity index (χ3n) is 4.97. The Bertz CT molecular complexity index is 1250. The van der Waals surface area contributed by atoms with Crippen LogP contribution in [0, 0.1) is 17.0 Å². The monoisotopic (exact) mass is 484 g/mol. The molecule has 1 heterocycles. The normalized spacial score (nSPS) is 16.0. The molecule has 0 fully saturated rings. The van der Waals surface area contributed by atoms with Crippen molar-refractivity contribution in [1.29, 1.82) is 0 Å². The number of sulfonamides is 1. The van der Waals surface area contributed by atoms with Crippen LogP contribution in [0.4, 0.5) is 5.69 Å². The van der Waals surface area contributed by atoms with Crippen molar-refractivity contribution < 1.29 is 13.3 Å². The lowest BCUT2D eigenvalue weighted by Crippen LogP contribution is -2.39. The molecule has 0 unspecified atom stereocenters. The van der Waals surface area contributed by atoms with E-state index >= 15 is 0 Å². The molecule has 8 heteroatoms. The Labute approximate surface area is 182 Å². The van der Waals surface area contributed by atoms with E-state index in [1.54, 1.807) is 60.7 Å². The summed E-state index contributed by atoms with van der Waals surface area (Å²) in [6, 6.07) is 19.0. The summed E-state index contributed by atoms with van der Waals surface area (Å²) in [5, 5.41) is 12.0. The summed E-state index contributed by atoms with van der Waals surface area (Å²) < 4.78 is 29.4. The molecule has 30 heavy (non-hydrogen) atoms. The number of nitro groups is 1. The van der Waals surface area contributed by atoms with Gasteiger partial charge in [-0.2, -0.15) is 0 Å². The van der Waals surface area contributed by atoms with Gasteiger partial charge < -0.3 is 0 Å². The van der Waals surface area contributed by atoms with Crippen LogP contribution in [0.1, 0.15) is 22.7 Å². The molecule has 0 aromatic heterocycles. The summed E-state index contributed by atoms with van der Waals surface area (Å²) in [4.78, 5) is 11.5. The van der Waals surface area contributed by atoms with Gasteiger partial charge in [0.05, 0.1) is 15.5 Å². The Morgan fingerprint density at radius 3 is 2.23 bits per heavy atom. The zero-order chi connectivity index (χ0) is 21.5. The van der Waals surface area contributed by atoms with Gasteiger partial charge in [-0.15, -0.1) is 0 Å². The van der Waals surface area contributed by atoms with Gasteiger partial charge in [0.15, 0.2) is 6.04 Å². The van der Waals surface area contributed by atoms with E-state index in [0.29, 0.717) is 16.8 Å². The number of nitrogens with zero attached hydrogens (tertiary/aromatic N) is 2. The molecule has 0 aliphatic carbocycles. The number of para-hydroxylation sites is 1. The Kier molecular flexibility index (Phi) is 5.21. The number of benzene rings is 3. The Morgan fingerprint density at radius 2 is 1.60 bits per heavy atom. The summed E-state index contributed by atoms with van der Waals surface area (Å²) in [7, 11) is -4.09. The zero-order valence-electron chi connectivity index (χ0n) is 15.9. The van der Waals surface area contributed by atoms with Crippen LogP contribution >= 0.6 is 15.9 Å². The topological polar surface area (TPSA) is 80.5 Å². The zero-order valence-corrected chi connectivity index (χ0v) is 18.3. The highest BCUT2D eigenvalue weighted by Crippen LogP contribution is 2.44. The maximum Gasteiger partial charge on any atom is 0.274 e. The summed E-state index contributed by atoms with van der Waals surface area (Å²) in [6.07, 6.45) is 1.45. The molecule has 152 valence electrons. The molecular weight excluding hydrogens is 468 g/mol. The third-order valence-corrected chi connectivity index (χ3v) is 7.29. The molecule has 0 radical (unpaired) electrons. The van der Waals surface area contributed by atoms with Crippen molar-refractivity contribution in [2.45, 2.75) is 17.9 Å². The average molecular weight is 485 g/mol. The van der Waals surface area contributed by atoms with E-state index in [1.807, 2.05) is 6.92 Å². The number of rotatable bonds is 4. The van der Waals surface area contributed by atoms with E-state index in [9.17, 15) is 18.5 Å². The van der Waals surface area contributed by atoms with Crippen molar-refractivity contribution in [3.05, 3.63) is 110 Å². The van der Waals surface area contributed by atoms with Crippen LogP contribution in [0.15, 0.2) is 87.9 Å². The first-order chi connectivity index (χ1) is 14.3. The SMILES string of the molecule is Cc1ccc(S(=O)(=O)N2c3ccccc3C=C([N+](=O)[O-])[C@@H]2c2ccc(Br)cc2)cc1. The predicted molar refractivity (Wildman–Crippen MR) is 119 cm³/mol. The lowest BCUT2D eigenvalue weighted by molar-refractivity contribution is -0.428. The Morgan fingerprint density at radius 1 is 0.967 bits per heavy atom. The molecule has 0 spiro atoms. The van der Waals surface area contributed by atoms with Gasteiger partial charge in [-0.1, -0.05) is 64.0 Å². The highest BCUT2D eigenvalue weighted by atomic mass is 79.9. The fourth-order valence-electron chi connectivity index (χ4n) is 3.50. The van der Waals surface area contributed by atoms with Crippen molar-refractivity contribution >= 4 is 37.7 Å². The highest BCUT2D eigenvalue weighted by molar-refractivity contribution is 9.10. The van der Waals surface area contributed by atoms with Crippen LogP contribution in [0.2, 0.25) is 0 Å². The van der Waals surface area contributed by atoms with Gasteiger partial charge in [0.25, 0.3) is 15.7 Å². The second-order valence-corrected chi connectivity index (χ2v) is 9.68. The van der Waals surface area contributed by atoms with Crippen molar-refractivity contribution in [3.8, 4) is 0 Å². The van der Waals surface area contributed by atoms with Crippen LogP contribution in [0.5, 0.6) is 0 Å². The third kappa shape index (κ3) is 3.53. The molecule has 0 bridgehead atoms. The van der Waals surface area contributed by atoms with Crippen LogP contribution in [0.25, 0.3) is 6.08 Å². The lowest BCUT2D eigenvalue weighted by atomic mass is 9.97. The van der Waals surface area contributed by atoms with Crippen molar-refractivity contribution in [1.82, 2.24) is 0 Å². The van der Waals surface area contributed by atoms with Gasteiger partial charge in [0.2, 0.25) is 0 Å². The molecule has 1 atom stereocenters. The van der Waals surface area contributed by atoms with Gasteiger partial charge in [-0.05, 0) is 42.8 Å². The molecule has 0 N–H and O–H groups in total. The summed E-state index contributed by atoms with van der Waals surface area (Å²) in [6.45, 7) is 1.87. The van der Waals surface area contributed by atoms with E-state index in [-0.39, 0.29) is 10.6 Å². The average Bonchev–Trinajstić information content (AvgIpc) is 2.73. The van der Waals surface area contributed by atoms with E-state index in [0.717, 1.165) is 14.3 Å². The molecule has 3 aromatic rings. The Balaban J connectivity index is 2.00. The summed E-state index contributed by atoms with van der Waals surface area (Å²) in [5.41, 5.74) is 2.10. The van der Waals surface area contributed by atoms with Crippen LogP contribution in [-0.2, 0) is 10.0 Å². The van der Waals surface area contributed by atoms with Gasteiger partial charge in [0, 0.05) is 16.1 Å². The molecule has 3 aromatic carbocycles. The minimum Gasteiger partial charge on any atom is -0.259 e. The first-order valence-corrected chi connectivity index (χ1v) is 11.3. The van der Waals surface area contributed by atoms with Gasteiger partial charge >= 0.3 is 0 Å². The number of fused-ring (bicyclic) bond motifs is 1. The van der Waals surface area contributed by atoms with E-state index in [1.165, 1.54) is 18.2 Å². The minimum atomic E-state index is -4.09. The molecule has 1 aliphatic heterocycles. The second-order valence-electron chi connectivity index (χ2n) is 6.95. The maximum atomic E-state index is 13.7. The Hall–Kier alpha value is -2.97. The molecule has 4 rings (SSSR count). The number of hydrogen-bond donors (Lipinski definition) is 0. The standard InChI is InChI=1S/C22H17BrN2O4S/c1-15-6-12-19(13-7-15)30(28,29)24-20-5-3-2-4-17(20)14-21(25(26)27)22(24)16-8-10-18(23)11-9-16/h2-14,22H,1H3/t22-/m0/s1. The molecule has 6 nitrogen and oxygen atoms in total. The summed E-state index contributed by atoms with van der Waals surface area (Å²) >= 11 is 3.36. The molecule has 0 saturated carbocycles. The fourth-order valence-corrected chi connectivity index (χ4v) is 5.41. The van der Waals surface area contributed by atoms with Gasteiger partial charge in [-0.3, -0.25) is 10.1 Å². The van der Waals surface area contributed by atoms with Crippen LogP contribution in [0.3, 0.4) is 0 Å². The van der Waals surface area contributed by atoms with E-state index in [4.69, 9.17) is 0 Å². The lowest BCUT2D eigenvalue weighted by Gasteiger charge is -2.35. The van der Waals surface area contributed by atoms with Gasteiger partial charge in [-0.25, -0.2) is 12.7 Å². The first-order valence-electron chi connectivity index (χ1n) is 9.10. The molecule has 0 saturated heterocycles. The fraction of sp³-hybridized carbons (Fsp3) is 0.0909. The number of halogens is 1. The number of anilines is 1. The first kappa shape index (κ1) is 20.3. The van der Waals surface area contributed by atoms with Crippen molar-refractivity contribution in [2.24, 2.45) is 0 Å². The van der Waals surface area contributed by atoms with E-state index in [2.05, 4.69) is 15.9 Å². The van der Waals surface area contributed by atoms with Crippen molar-refractivity contribution in [3.63, 3.8) is 0 Å². The minimum absolute atomic E-state index is 0.0783. The highest BCUT2D eigenvalue weighted by Gasteiger charge is 2.43. The molecular formula is C22H17BrN2O4S. The molecule has 1 aliphatic rings. The van der Waals surface area contributed by atoms with Gasteiger partial charge in [0.1, 0.15) is 0 Å². The number of aryl methyl sites for hydroxylation is 1. The smallest absolute Gasteiger partial charge is 0.259 e. The summed E-state index contributed by atoms with van der Waals surface area (Å²) in [5.74, 6) is 0. The maximum absolute atomic E-state index is 13.7. The predicted octanol–water partition coefficient (Wildman–Crippen LogP) is 5.33. The second kappa shape index (κ2) is 7.70. The van der Waals surface area contributed by atoms with Crippen LogP contribution in [-0.4, -0.2) is 13.3 Å². The largest absolute Gasteiger partial charge is 0.274 e.